The molecule has 96 valence electrons. The van der Waals surface area contributed by atoms with Gasteiger partial charge in [0, 0.05) is 12.1 Å². The van der Waals surface area contributed by atoms with E-state index in [0.717, 1.165) is 25.1 Å². The molecule has 1 saturated heterocycles. The van der Waals surface area contributed by atoms with E-state index in [1.807, 2.05) is 11.0 Å². The first-order chi connectivity index (χ1) is 8.50. The molecule has 4 nitrogen and oxygen atoms in total. The smallest absolute Gasteiger partial charge is 0.240 e. The fraction of sp³-hybridized carbons (Fsp3) is 0.333. The maximum Gasteiger partial charge on any atom is 0.240 e. The highest BCUT2D eigenvalue weighted by molar-refractivity contribution is 7.80. The third kappa shape index (κ3) is 2.42. The van der Waals surface area contributed by atoms with Gasteiger partial charge in [0.25, 0.3) is 0 Å². The Morgan fingerprint density at radius 1 is 1.44 bits per heavy atom. The van der Waals surface area contributed by atoms with Gasteiger partial charge in [-0.05, 0) is 31.0 Å². The number of hydrogen-bond donors (Lipinski definition) is 2. The second kappa shape index (κ2) is 5.12. The van der Waals surface area contributed by atoms with Gasteiger partial charge >= 0.3 is 0 Å². The van der Waals surface area contributed by atoms with Gasteiger partial charge in [0.2, 0.25) is 5.91 Å². The number of rotatable bonds is 3. The summed E-state index contributed by atoms with van der Waals surface area (Å²) < 4.78 is 0. The molecule has 1 amide bonds. The van der Waals surface area contributed by atoms with Crippen molar-refractivity contribution in [2.75, 3.05) is 11.4 Å². The van der Waals surface area contributed by atoms with E-state index < -0.39 is 0 Å². The summed E-state index contributed by atoms with van der Waals surface area (Å²) >= 11 is 11.1. The second-order valence-electron chi connectivity index (χ2n) is 4.28. The molecule has 0 spiro atoms. The van der Waals surface area contributed by atoms with E-state index in [0.29, 0.717) is 15.6 Å². The molecule has 2 rings (SSSR count). The summed E-state index contributed by atoms with van der Waals surface area (Å²) in [4.78, 5) is 13.6. The maximum atomic E-state index is 11.4. The largest absolute Gasteiger partial charge is 0.389 e. The number of benzene rings is 1. The van der Waals surface area contributed by atoms with E-state index in [1.165, 1.54) is 0 Å². The van der Waals surface area contributed by atoms with Gasteiger partial charge in [0.05, 0.1) is 10.7 Å². The number of primary amides is 1. The monoisotopic (exact) mass is 283 g/mol. The van der Waals surface area contributed by atoms with Crippen LogP contribution in [0.3, 0.4) is 0 Å². The molecule has 1 aliphatic heterocycles. The van der Waals surface area contributed by atoms with Crippen molar-refractivity contribution in [2.24, 2.45) is 11.5 Å². The van der Waals surface area contributed by atoms with Gasteiger partial charge in [0.15, 0.2) is 0 Å². The van der Waals surface area contributed by atoms with Crippen molar-refractivity contribution in [3.63, 3.8) is 0 Å². The number of carbonyl (C=O) groups is 1. The number of carbonyl (C=O) groups excluding carboxylic acids is 1. The first-order valence-electron chi connectivity index (χ1n) is 5.66. The number of anilines is 1. The van der Waals surface area contributed by atoms with Crippen molar-refractivity contribution in [3.05, 3.63) is 28.8 Å². The highest BCUT2D eigenvalue weighted by Crippen LogP contribution is 2.32. The Labute approximate surface area is 116 Å². The number of amides is 1. The molecule has 1 aromatic rings. The van der Waals surface area contributed by atoms with Gasteiger partial charge in [0.1, 0.15) is 11.0 Å². The molecule has 18 heavy (non-hydrogen) atoms. The van der Waals surface area contributed by atoms with E-state index in [4.69, 9.17) is 35.3 Å². The lowest BCUT2D eigenvalue weighted by Gasteiger charge is -2.25. The quantitative estimate of drug-likeness (QED) is 0.823. The van der Waals surface area contributed by atoms with Crippen LogP contribution in [0.2, 0.25) is 5.02 Å². The highest BCUT2D eigenvalue weighted by atomic mass is 35.5. The van der Waals surface area contributed by atoms with Crippen molar-refractivity contribution < 1.29 is 4.79 Å². The lowest BCUT2D eigenvalue weighted by atomic mass is 10.1. The lowest BCUT2D eigenvalue weighted by Crippen LogP contribution is -2.40. The van der Waals surface area contributed by atoms with Crippen LogP contribution in [0.5, 0.6) is 0 Å². The van der Waals surface area contributed by atoms with Gasteiger partial charge in [-0.3, -0.25) is 4.79 Å². The minimum absolute atomic E-state index is 0.279. The predicted octanol–water partition coefficient (Wildman–Crippen LogP) is 1.43. The summed E-state index contributed by atoms with van der Waals surface area (Å²) in [6.45, 7) is 0.778. The average molecular weight is 284 g/mol. The third-order valence-electron chi connectivity index (χ3n) is 3.12. The fourth-order valence-corrected chi connectivity index (χ4v) is 2.66. The molecule has 0 radical (unpaired) electrons. The number of halogens is 1. The Hall–Kier alpha value is -1.33. The zero-order valence-electron chi connectivity index (χ0n) is 9.73. The summed E-state index contributed by atoms with van der Waals surface area (Å²) in [6, 6.07) is 5.08. The number of thiocarbonyl (C=S) groups is 1. The van der Waals surface area contributed by atoms with Crippen LogP contribution in [0.25, 0.3) is 0 Å². The van der Waals surface area contributed by atoms with E-state index in [-0.39, 0.29) is 11.9 Å². The molecule has 0 aromatic heterocycles. The molecule has 0 saturated carbocycles. The molecule has 0 aliphatic carbocycles. The molecule has 4 N–H and O–H groups in total. The molecule has 1 aromatic carbocycles. The summed E-state index contributed by atoms with van der Waals surface area (Å²) in [6.07, 6.45) is 1.70. The Morgan fingerprint density at radius 2 is 2.17 bits per heavy atom. The van der Waals surface area contributed by atoms with Crippen molar-refractivity contribution in [1.82, 2.24) is 0 Å². The third-order valence-corrected chi connectivity index (χ3v) is 3.66. The molecule has 0 bridgehead atoms. The van der Waals surface area contributed by atoms with E-state index in [2.05, 4.69) is 0 Å². The fourth-order valence-electron chi connectivity index (χ4n) is 2.24. The van der Waals surface area contributed by atoms with Crippen molar-refractivity contribution in [3.8, 4) is 0 Å². The molecular formula is C12H14ClN3OS. The topological polar surface area (TPSA) is 72.4 Å². The number of hydrogen-bond acceptors (Lipinski definition) is 3. The van der Waals surface area contributed by atoms with Crippen molar-refractivity contribution >= 4 is 40.4 Å². The average Bonchev–Trinajstić information content (AvgIpc) is 2.77. The zero-order valence-corrected chi connectivity index (χ0v) is 11.3. The normalized spacial score (nSPS) is 18.9. The first-order valence-corrected chi connectivity index (χ1v) is 6.44. The van der Waals surface area contributed by atoms with Crippen molar-refractivity contribution in [1.29, 1.82) is 0 Å². The molecular weight excluding hydrogens is 270 g/mol. The minimum Gasteiger partial charge on any atom is -0.389 e. The van der Waals surface area contributed by atoms with E-state index >= 15 is 0 Å². The zero-order chi connectivity index (χ0) is 13.3. The van der Waals surface area contributed by atoms with Gasteiger partial charge in [-0.25, -0.2) is 0 Å². The van der Waals surface area contributed by atoms with Crippen LogP contribution in [0, 0.1) is 0 Å². The van der Waals surface area contributed by atoms with Crippen molar-refractivity contribution in [2.45, 2.75) is 18.9 Å². The second-order valence-corrected chi connectivity index (χ2v) is 5.13. The summed E-state index contributed by atoms with van der Waals surface area (Å²) in [5.41, 5.74) is 12.5. The summed E-state index contributed by atoms with van der Waals surface area (Å²) in [7, 11) is 0. The molecule has 1 aliphatic rings. The summed E-state index contributed by atoms with van der Waals surface area (Å²) in [5, 5.41) is 0.536. The maximum absolute atomic E-state index is 11.4. The van der Waals surface area contributed by atoms with Gasteiger partial charge in [-0.15, -0.1) is 0 Å². The van der Waals surface area contributed by atoms with Crippen LogP contribution in [-0.2, 0) is 4.79 Å². The Kier molecular flexibility index (Phi) is 3.73. The molecule has 1 fully saturated rings. The SMILES string of the molecule is NC(=O)C1CCCN1c1ccc(C(N)=S)cc1Cl. The van der Waals surface area contributed by atoms with Gasteiger partial charge in [-0.2, -0.15) is 0 Å². The standard InChI is InChI=1S/C12H14ClN3OS/c13-8-6-7(12(15)18)3-4-9(8)16-5-1-2-10(16)11(14)17/h3-4,6,10H,1-2,5H2,(H2,14,17)(H2,15,18). The van der Waals surface area contributed by atoms with Crippen LogP contribution in [0.4, 0.5) is 5.69 Å². The Bertz CT molecular complexity index is 506. The van der Waals surface area contributed by atoms with Gasteiger partial charge < -0.3 is 16.4 Å². The number of nitrogens with two attached hydrogens (primary N) is 2. The Balaban J connectivity index is 2.33. The lowest BCUT2D eigenvalue weighted by molar-refractivity contribution is -0.119. The first kappa shape index (κ1) is 13.1. The Morgan fingerprint density at radius 3 is 2.72 bits per heavy atom. The predicted molar refractivity (Wildman–Crippen MR) is 76.9 cm³/mol. The van der Waals surface area contributed by atoms with Crippen LogP contribution in [0.1, 0.15) is 18.4 Å². The van der Waals surface area contributed by atoms with E-state index in [9.17, 15) is 4.79 Å². The van der Waals surface area contributed by atoms with E-state index in [1.54, 1.807) is 12.1 Å². The van der Waals surface area contributed by atoms with Crippen LogP contribution in [-0.4, -0.2) is 23.5 Å². The van der Waals surface area contributed by atoms with Crippen LogP contribution in [0.15, 0.2) is 18.2 Å². The highest BCUT2D eigenvalue weighted by Gasteiger charge is 2.30. The number of nitrogens with zero attached hydrogens (tertiary/aromatic N) is 1. The minimum atomic E-state index is -0.318. The van der Waals surface area contributed by atoms with Crippen LogP contribution < -0.4 is 16.4 Å². The van der Waals surface area contributed by atoms with Gasteiger partial charge in [-0.1, -0.05) is 23.8 Å². The van der Waals surface area contributed by atoms with Crippen LogP contribution >= 0.6 is 23.8 Å². The molecule has 6 heteroatoms. The summed E-state index contributed by atoms with van der Waals surface area (Å²) in [5.74, 6) is -0.318. The molecule has 1 unspecified atom stereocenters. The molecule has 1 heterocycles. The molecule has 1 atom stereocenters.